The Bertz CT molecular complexity index is 1750. The fourth-order valence-corrected chi connectivity index (χ4v) is 4.52. The van der Waals surface area contributed by atoms with Crippen molar-refractivity contribution in [2.75, 3.05) is 48.3 Å². The quantitative estimate of drug-likeness (QED) is 0.272. The summed E-state index contributed by atoms with van der Waals surface area (Å²) in [5.41, 5.74) is 8.98. The zero-order valence-electron chi connectivity index (χ0n) is 21.8. The van der Waals surface area contributed by atoms with Crippen LogP contribution in [0.3, 0.4) is 0 Å². The number of fused-ring (bicyclic) bond motifs is 1. The number of benzene rings is 1. The van der Waals surface area contributed by atoms with E-state index >= 15 is 0 Å². The van der Waals surface area contributed by atoms with Crippen LogP contribution in [0, 0.1) is 11.8 Å². The highest BCUT2D eigenvalue weighted by molar-refractivity contribution is 5.93. The Morgan fingerprint density at radius 3 is 2.71 bits per heavy atom. The van der Waals surface area contributed by atoms with Crippen LogP contribution in [0.1, 0.15) is 16.3 Å². The number of nitrogens with two attached hydrogens (primary N) is 1. The van der Waals surface area contributed by atoms with Crippen molar-refractivity contribution in [1.29, 1.82) is 0 Å². The van der Waals surface area contributed by atoms with E-state index in [4.69, 9.17) is 5.73 Å². The number of aromatic nitrogens is 7. The van der Waals surface area contributed by atoms with Crippen molar-refractivity contribution in [1.82, 2.24) is 39.9 Å². The molecule has 0 spiro atoms. The lowest BCUT2D eigenvalue weighted by Gasteiger charge is -2.36. The predicted molar refractivity (Wildman–Crippen MR) is 152 cm³/mol. The Morgan fingerprint density at radius 2 is 1.88 bits per heavy atom. The standard InChI is InChI=1S/C28H25N11O2/c29-27-22(16-20(35-36-27)19-4-1-2-5-23(19)40)37-12-14-38(15-13-37)25-7-9-31-24(34-25)6-3-8-32-28(41)21-18-39-11-10-30-17-26(39)33-21/h1-2,4-5,7,9-11,16-18,40H,8,12-15H2,(H2,29,36)(H,32,41). The average molecular weight is 548 g/mol. The van der Waals surface area contributed by atoms with Crippen LogP contribution in [-0.2, 0) is 0 Å². The summed E-state index contributed by atoms with van der Waals surface area (Å²) in [4.78, 5) is 33.8. The van der Waals surface area contributed by atoms with Gasteiger partial charge < -0.3 is 30.4 Å². The van der Waals surface area contributed by atoms with Gasteiger partial charge in [-0.15, -0.1) is 10.2 Å². The molecule has 13 heteroatoms. The lowest BCUT2D eigenvalue weighted by Crippen LogP contribution is -2.47. The number of phenolic OH excluding ortho intramolecular Hbond substituents is 1. The Labute approximate surface area is 234 Å². The van der Waals surface area contributed by atoms with Crippen molar-refractivity contribution in [3.05, 3.63) is 78.9 Å². The van der Waals surface area contributed by atoms with Crippen molar-refractivity contribution < 1.29 is 9.90 Å². The second kappa shape index (κ2) is 11.1. The highest BCUT2D eigenvalue weighted by atomic mass is 16.3. The van der Waals surface area contributed by atoms with Gasteiger partial charge in [0.15, 0.2) is 11.5 Å². The molecule has 0 unspecified atom stereocenters. The number of amides is 1. The van der Waals surface area contributed by atoms with Gasteiger partial charge in [0, 0.05) is 56.5 Å². The summed E-state index contributed by atoms with van der Waals surface area (Å²) in [6.45, 7) is 2.89. The molecule has 5 heterocycles. The molecular formula is C28H25N11O2. The largest absolute Gasteiger partial charge is 0.507 e. The van der Waals surface area contributed by atoms with Crippen LogP contribution in [0.25, 0.3) is 16.9 Å². The van der Waals surface area contributed by atoms with E-state index in [0.29, 0.717) is 54.7 Å². The summed E-state index contributed by atoms with van der Waals surface area (Å²) in [5, 5.41) is 21.3. The van der Waals surface area contributed by atoms with E-state index < -0.39 is 0 Å². The van der Waals surface area contributed by atoms with Gasteiger partial charge in [0.1, 0.15) is 17.3 Å². The van der Waals surface area contributed by atoms with Crippen molar-refractivity contribution in [2.24, 2.45) is 0 Å². The zero-order chi connectivity index (χ0) is 28.2. The number of piperazine rings is 1. The molecule has 1 amide bonds. The number of nitrogen functional groups attached to an aromatic ring is 1. The van der Waals surface area contributed by atoms with Gasteiger partial charge >= 0.3 is 0 Å². The highest BCUT2D eigenvalue weighted by Gasteiger charge is 2.22. The first kappa shape index (κ1) is 25.5. The number of anilines is 3. The molecule has 0 saturated carbocycles. The minimum atomic E-state index is -0.326. The van der Waals surface area contributed by atoms with Crippen LogP contribution in [0.2, 0.25) is 0 Å². The monoisotopic (exact) mass is 547 g/mol. The van der Waals surface area contributed by atoms with E-state index in [0.717, 1.165) is 11.5 Å². The molecule has 204 valence electrons. The van der Waals surface area contributed by atoms with Crippen LogP contribution in [0.15, 0.2) is 67.4 Å². The summed E-state index contributed by atoms with van der Waals surface area (Å²) in [6, 6.07) is 10.7. The second-order valence-corrected chi connectivity index (χ2v) is 9.18. The third-order valence-corrected chi connectivity index (χ3v) is 6.60. The summed E-state index contributed by atoms with van der Waals surface area (Å²) in [6.07, 6.45) is 8.24. The number of nitrogens with zero attached hydrogens (tertiary/aromatic N) is 9. The van der Waals surface area contributed by atoms with E-state index in [2.05, 4.69) is 57.1 Å². The first-order valence-corrected chi connectivity index (χ1v) is 12.9. The minimum absolute atomic E-state index is 0.126. The summed E-state index contributed by atoms with van der Waals surface area (Å²) >= 11 is 0. The maximum absolute atomic E-state index is 12.4. The van der Waals surface area contributed by atoms with Crippen molar-refractivity contribution in [3.63, 3.8) is 0 Å². The SMILES string of the molecule is Nc1nnc(-c2ccccc2O)cc1N1CCN(c2ccnc(C#CCNC(=O)c3cn4ccncc4n3)n2)CC1. The molecule has 1 aliphatic heterocycles. The maximum Gasteiger partial charge on any atom is 0.272 e. The minimum Gasteiger partial charge on any atom is -0.507 e. The zero-order valence-corrected chi connectivity index (χ0v) is 21.8. The van der Waals surface area contributed by atoms with E-state index in [9.17, 15) is 9.90 Å². The van der Waals surface area contributed by atoms with Crippen molar-refractivity contribution >= 4 is 28.9 Å². The molecule has 4 aromatic heterocycles. The molecule has 0 radical (unpaired) electrons. The molecule has 1 fully saturated rings. The Hall–Kier alpha value is -5.77. The molecule has 0 bridgehead atoms. The number of hydrogen-bond donors (Lipinski definition) is 3. The number of nitrogens with one attached hydrogen (secondary N) is 1. The highest BCUT2D eigenvalue weighted by Crippen LogP contribution is 2.31. The fourth-order valence-electron chi connectivity index (χ4n) is 4.52. The Morgan fingerprint density at radius 1 is 1.05 bits per heavy atom. The molecule has 0 aliphatic carbocycles. The molecule has 0 atom stereocenters. The second-order valence-electron chi connectivity index (χ2n) is 9.18. The number of aromatic hydroxyl groups is 1. The summed E-state index contributed by atoms with van der Waals surface area (Å²) < 4.78 is 1.73. The molecule has 1 aliphatic rings. The van der Waals surface area contributed by atoms with Crippen LogP contribution >= 0.6 is 0 Å². The molecule has 1 aromatic carbocycles. The van der Waals surface area contributed by atoms with Crippen LogP contribution in [0.5, 0.6) is 5.75 Å². The first-order chi connectivity index (χ1) is 20.0. The number of carbonyl (C=O) groups is 1. The lowest BCUT2D eigenvalue weighted by atomic mass is 10.1. The molecule has 41 heavy (non-hydrogen) atoms. The smallest absolute Gasteiger partial charge is 0.272 e. The van der Waals surface area contributed by atoms with Gasteiger partial charge in [0.05, 0.1) is 24.1 Å². The van der Waals surface area contributed by atoms with E-state index in [1.807, 2.05) is 18.2 Å². The van der Waals surface area contributed by atoms with Gasteiger partial charge in [0.2, 0.25) is 5.82 Å². The van der Waals surface area contributed by atoms with Gasteiger partial charge in [-0.05, 0) is 30.2 Å². The topological polar surface area (TPSA) is 164 Å². The third-order valence-electron chi connectivity index (χ3n) is 6.60. The molecule has 4 N–H and O–H groups in total. The van der Waals surface area contributed by atoms with Gasteiger partial charge in [-0.1, -0.05) is 18.1 Å². The predicted octanol–water partition coefficient (Wildman–Crippen LogP) is 1.37. The number of para-hydroxylation sites is 1. The van der Waals surface area contributed by atoms with Crippen LogP contribution in [0.4, 0.5) is 17.3 Å². The average Bonchev–Trinajstić information content (AvgIpc) is 3.45. The fraction of sp³-hybridized carbons (Fsp3) is 0.179. The van der Waals surface area contributed by atoms with Crippen LogP contribution in [-0.4, -0.2) is 78.3 Å². The molecular weight excluding hydrogens is 522 g/mol. The summed E-state index contributed by atoms with van der Waals surface area (Å²) in [5.74, 6) is 7.09. The Kier molecular flexibility index (Phi) is 6.93. The molecule has 1 saturated heterocycles. The van der Waals surface area contributed by atoms with E-state index in [1.165, 1.54) is 0 Å². The van der Waals surface area contributed by atoms with Gasteiger partial charge in [-0.3, -0.25) is 9.78 Å². The summed E-state index contributed by atoms with van der Waals surface area (Å²) in [7, 11) is 0. The Balaban J connectivity index is 1.07. The van der Waals surface area contributed by atoms with E-state index in [1.54, 1.807) is 53.6 Å². The van der Waals surface area contributed by atoms with Gasteiger partial charge in [-0.2, -0.15) is 0 Å². The van der Waals surface area contributed by atoms with Crippen molar-refractivity contribution in [2.45, 2.75) is 0 Å². The number of phenols is 1. The first-order valence-electron chi connectivity index (χ1n) is 12.9. The number of carbonyl (C=O) groups excluding carboxylic acids is 1. The molecule has 5 aromatic rings. The normalized spacial score (nSPS) is 13.1. The van der Waals surface area contributed by atoms with Gasteiger partial charge in [-0.25, -0.2) is 15.0 Å². The number of rotatable bonds is 5. The third kappa shape index (κ3) is 5.52. The number of imidazole rings is 1. The van der Waals surface area contributed by atoms with Gasteiger partial charge in [0.25, 0.3) is 5.91 Å². The molecule has 6 rings (SSSR count). The molecule has 13 nitrogen and oxygen atoms in total. The van der Waals surface area contributed by atoms with E-state index in [-0.39, 0.29) is 23.9 Å². The lowest BCUT2D eigenvalue weighted by molar-refractivity contribution is 0.0954. The number of hydrogen-bond acceptors (Lipinski definition) is 11. The maximum atomic E-state index is 12.4. The van der Waals surface area contributed by atoms with Crippen LogP contribution < -0.4 is 20.9 Å². The van der Waals surface area contributed by atoms with Crippen molar-refractivity contribution in [3.8, 4) is 28.8 Å².